The number of rotatable bonds is 6. The third-order valence-electron chi connectivity index (χ3n) is 2.11. The Labute approximate surface area is 115 Å². The van der Waals surface area contributed by atoms with E-state index >= 15 is 0 Å². The molecular formula is C11H13NO7S. The molecule has 0 amide bonds. The van der Waals surface area contributed by atoms with Gasteiger partial charge in [0.25, 0.3) is 0 Å². The molecule has 0 aliphatic carbocycles. The molecule has 0 aliphatic rings. The van der Waals surface area contributed by atoms with E-state index in [0.717, 1.165) is 12.1 Å². The second-order valence-electron chi connectivity index (χ2n) is 3.70. The number of carboxylic acids is 1. The number of hydrogen-bond donors (Lipinski definition) is 3. The Morgan fingerprint density at radius 1 is 1.35 bits per heavy atom. The number of ether oxygens (including phenoxy) is 1. The Morgan fingerprint density at radius 3 is 2.55 bits per heavy atom. The summed E-state index contributed by atoms with van der Waals surface area (Å²) >= 11 is 0. The second-order valence-corrected chi connectivity index (χ2v) is 5.43. The number of carbonyl (C=O) groups is 2. The van der Waals surface area contributed by atoms with Crippen LogP contribution in [-0.2, 0) is 19.6 Å². The number of aromatic hydroxyl groups is 1. The summed E-state index contributed by atoms with van der Waals surface area (Å²) in [6.45, 7) is 1.59. The van der Waals surface area contributed by atoms with Gasteiger partial charge in [-0.3, -0.25) is 9.52 Å². The topological polar surface area (TPSA) is 130 Å². The van der Waals surface area contributed by atoms with Crippen molar-refractivity contribution >= 4 is 27.6 Å². The number of aromatic carboxylic acids is 1. The lowest BCUT2D eigenvalue weighted by Gasteiger charge is -2.09. The molecule has 110 valence electrons. The lowest BCUT2D eigenvalue weighted by molar-refractivity contribution is -0.139. The van der Waals surface area contributed by atoms with E-state index in [9.17, 15) is 23.1 Å². The number of benzene rings is 1. The van der Waals surface area contributed by atoms with Crippen molar-refractivity contribution < 1.29 is 33.0 Å². The summed E-state index contributed by atoms with van der Waals surface area (Å²) in [4.78, 5) is 21.9. The molecule has 0 unspecified atom stereocenters. The minimum absolute atomic E-state index is 0.0523. The highest BCUT2D eigenvalue weighted by Crippen LogP contribution is 2.22. The van der Waals surface area contributed by atoms with Gasteiger partial charge >= 0.3 is 11.9 Å². The van der Waals surface area contributed by atoms with Crippen LogP contribution in [0.5, 0.6) is 5.75 Å². The molecule has 0 aromatic heterocycles. The van der Waals surface area contributed by atoms with E-state index in [1.807, 2.05) is 4.72 Å². The Balaban J connectivity index is 2.90. The number of nitrogens with one attached hydrogen (secondary N) is 1. The highest BCUT2D eigenvalue weighted by Gasteiger charge is 2.19. The predicted molar refractivity (Wildman–Crippen MR) is 69.1 cm³/mol. The molecule has 0 saturated heterocycles. The largest absolute Gasteiger partial charge is 0.507 e. The first kappa shape index (κ1) is 15.8. The van der Waals surface area contributed by atoms with Crippen LogP contribution in [0.1, 0.15) is 17.3 Å². The molecule has 20 heavy (non-hydrogen) atoms. The zero-order chi connectivity index (χ0) is 15.3. The van der Waals surface area contributed by atoms with Crippen LogP contribution in [-0.4, -0.2) is 42.9 Å². The van der Waals surface area contributed by atoms with E-state index < -0.39 is 39.0 Å². The van der Waals surface area contributed by atoms with E-state index in [4.69, 9.17) is 5.11 Å². The Hall–Kier alpha value is -2.29. The average molecular weight is 303 g/mol. The number of phenols is 1. The van der Waals surface area contributed by atoms with Crippen LogP contribution in [0.3, 0.4) is 0 Å². The first-order valence-electron chi connectivity index (χ1n) is 5.47. The lowest BCUT2D eigenvalue weighted by atomic mass is 10.2. The highest BCUT2D eigenvalue weighted by molar-refractivity contribution is 7.93. The molecule has 0 atom stereocenters. The SMILES string of the molecule is CCOC(=O)CS(=O)(=O)Nc1ccc(O)c(C(=O)O)c1. The molecule has 0 bridgehead atoms. The third-order valence-corrected chi connectivity index (χ3v) is 3.28. The van der Waals surface area contributed by atoms with Crippen molar-refractivity contribution in [1.82, 2.24) is 0 Å². The van der Waals surface area contributed by atoms with Crippen LogP contribution in [0.15, 0.2) is 18.2 Å². The van der Waals surface area contributed by atoms with Gasteiger partial charge in [-0.05, 0) is 25.1 Å². The van der Waals surface area contributed by atoms with Crippen LogP contribution in [0.2, 0.25) is 0 Å². The van der Waals surface area contributed by atoms with Crippen molar-refractivity contribution in [2.75, 3.05) is 17.1 Å². The van der Waals surface area contributed by atoms with Crippen LogP contribution in [0, 0.1) is 0 Å². The van der Waals surface area contributed by atoms with Crippen LogP contribution in [0.25, 0.3) is 0 Å². The van der Waals surface area contributed by atoms with E-state index in [1.165, 1.54) is 13.0 Å². The first-order valence-corrected chi connectivity index (χ1v) is 7.13. The molecular weight excluding hydrogens is 290 g/mol. The Bertz CT molecular complexity index is 624. The number of esters is 1. The lowest BCUT2D eigenvalue weighted by Crippen LogP contribution is -2.24. The summed E-state index contributed by atoms with van der Waals surface area (Å²) in [5, 5.41) is 18.1. The van der Waals surface area contributed by atoms with Gasteiger partial charge in [0.15, 0.2) is 5.75 Å². The molecule has 0 spiro atoms. The summed E-state index contributed by atoms with van der Waals surface area (Å²) in [6, 6.07) is 3.15. The van der Waals surface area contributed by atoms with Gasteiger partial charge in [0.1, 0.15) is 11.3 Å². The number of anilines is 1. The predicted octanol–water partition coefficient (Wildman–Crippen LogP) is 0.395. The van der Waals surface area contributed by atoms with Gasteiger partial charge in [-0.2, -0.15) is 0 Å². The summed E-state index contributed by atoms with van der Waals surface area (Å²) in [5.41, 5.74) is -0.536. The van der Waals surface area contributed by atoms with Gasteiger partial charge in [0.2, 0.25) is 10.0 Å². The van der Waals surface area contributed by atoms with Gasteiger partial charge in [0.05, 0.1) is 6.61 Å². The van der Waals surface area contributed by atoms with E-state index in [-0.39, 0.29) is 12.3 Å². The maximum atomic E-state index is 11.6. The number of carboxylic acid groups (broad SMARTS) is 1. The van der Waals surface area contributed by atoms with Crippen molar-refractivity contribution in [2.45, 2.75) is 6.92 Å². The van der Waals surface area contributed by atoms with Gasteiger partial charge in [-0.1, -0.05) is 0 Å². The summed E-state index contributed by atoms with van der Waals surface area (Å²) < 4.78 is 29.8. The maximum Gasteiger partial charge on any atom is 0.339 e. The fourth-order valence-electron chi connectivity index (χ4n) is 1.34. The molecule has 1 rings (SSSR count). The monoisotopic (exact) mass is 303 g/mol. The normalized spacial score (nSPS) is 10.8. The van der Waals surface area contributed by atoms with Crippen molar-refractivity contribution in [3.63, 3.8) is 0 Å². The quantitative estimate of drug-likeness (QED) is 0.512. The number of sulfonamides is 1. The van der Waals surface area contributed by atoms with Crippen molar-refractivity contribution in [2.24, 2.45) is 0 Å². The zero-order valence-corrected chi connectivity index (χ0v) is 11.3. The van der Waals surface area contributed by atoms with Gasteiger partial charge in [-0.25, -0.2) is 13.2 Å². The van der Waals surface area contributed by atoms with E-state index in [2.05, 4.69) is 4.74 Å². The third kappa shape index (κ3) is 4.43. The Morgan fingerprint density at radius 2 is 2.00 bits per heavy atom. The Kier molecular flexibility index (Phi) is 4.92. The van der Waals surface area contributed by atoms with Crippen LogP contribution < -0.4 is 4.72 Å². The number of hydrogen-bond acceptors (Lipinski definition) is 6. The molecule has 1 aromatic carbocycles. The highest BCUT2D eigenvalue weighted by atomic mass is 32.2. The van der Waals surface area contributed by atoms with Crippen LogP contribution >= 0.6 is 0 Å². The standard InChI is InChI=1S/C11H13NO7S/c1-2-19-10(14)6-20(17,18)12-7-3-4-9(13)8(5-7)11(15)16/h3-5,12-13H,2,6H2,1H3,(H,15,16). The fourth-order valence-corrected chi connectivity index (χ4v) is 2.30. The molecule has 0 heterocycles. The summed E-state index contributed by atoms with van der Waals surface area (Å²) in [6.07, 6.45) is 0. The minimum Gasteiger partial charge on any atom is -0.507 e. The molecule has 9 heteroatoms. The molecule has 1 aromatic rings. The average Bonchev–Trinajstić information content (AvgIpc) is 2.30. The van der Waals surface area contributed by atoms with Crippen molar-refractivity contribution in [3.05, 3.63) is 23.8 Å². The van der Waals surface area contributed by atoms with Gasteiger partial charge < -0.3 is 14.9 Å². The maximum absolute atomic E-state index is 11.6. The fraction of sp³-hybridized carbons (Fsp3) is 0.273. The van der Waals surface area contributed by atoms with E-state index in [1.54, 1.807) is 0 Å². The van der Waals surface area contributed by atoms with Crippen LogP contribution in [0.4, 0.5) is 5.69 Å². The molecule has 0 radical (unpaired) electrons. The first-order chi connectivity index (χ1) is 9.25. The van der Waals surface area contributed by atoms with E-state index in [0.29, 0.717) is 0 Å². The molecule has 0 aliphatic heterocycles. The van der Waals surface area contributed by atoms with Gasteiger partial charge in [0, 0.05) is 5.69 Å². The summed E-state index contributed by atoms with van der Waals surface area (Å²) in [5.74, 6) is -3.71. The number of carbonyl (C=O) groups excluding carboxylic acids is 1. The minimum atomic E-state index is -4.01. The van der Waals surface area contributed by atoms with Gasteiger partial charge in [-0.15, -0.1) is 0 Å². The van der Waals surface area contributed by atoms with Crippen molar-refractivity contribution in [3.8, 4) is 5.75 Å². The molecule has 0 fully saturated rings. The van der Waals surface area contributed by atoms with Crippen molar-refractivity contribution in [1.29, 1.82) is 0 Å². The zero-order valence-electron chi connectivity index (χ0n) is 10.5. The molecule has 3 N–H and O–H groups in total. The second kappa shape index (κ2) is 6.24. The smallest absolute Gasteiger partial charge is 0.339 e. The molecule has 0 saturated carbocycles. The molecule has 8 nitrogen and oxygen atoms in total. The summed E-state index contributed by atoms with van der Waals surface area (Å²) in [7, 11) is -4.01.